The number of ether oxygens (including phenoxy) is 2. The van der Waals surface area contributed by atoms with Crippen molar-refractivity contribution in [3.63, 3.8) is 0 Å². The maximum atomic E-state index is 13.0. The monoisotopic (exact) mass is 583 g/mol. The summed E-state index contributed by atoms with van der Waals surface area (Å²) in [6, 6.07) is 27.7. The normalized spacial score (nSPS) is 13.8. The lowest BCUT2D eigenvalue weighted by Crippen LogP contribution is -2.36. The van der Waals surface area contributed by atoms with E-state index in [-0.39, 0.29) is 17.9 Å². The van der Waals surface area contributed by atoms with Gasteiger partial charge in [-0.15, -0.1) is 11.3 Å². The van der Waals surface area contributed by atoms with Crippen LogP contribution in [0.1, 0.15) is 76.6 Å². The number of rotatable bonds is 13. The Kier molecular flexibility index (Phi) is 10.6. The first-order valence-electron chi connectivity index (χ1n) is 14.9. The molecule has 0 aliphatic heterocycles. The second-order valence-corrected chi connectivity index (χ2v) is 11.9. The van der Waals surface area contributed by atoms with Crippen LogP contribution >= 0.6 is 11.3 Å². The molecule has 0 saturated heterocycles. The van der Waals surface area contributed by atoms with Crippen molar-refractivity contribution >= 4 is 17.2 Å². The summed E-state index contributed by atoms with van der Waals surface area (Å²) in [4.78, 5) is 20.2. The number of nitrogens with zero attached hydrogens (tertiary/aromatic N) is 2. The third kappa shape index (κ3) is 7.99. The Bertz CT molecular complexity index is 1360. The van der Waals surface area contributed by atoms with E-state index in [1.807, 2.05) is 17.5 Å². The number of amides is 1. The zero-order valence-electron chi connectivity index (χ0n) is 24.6. The summed E-state index contributed by atoms with van der Waals surface area (Å²) in [5.74, 6) is 1.78. The van der Waals surface area contributed by atoms with Crippen molar-refractivity contribution in [1.82, 2.24) is 15.2 Å². The minimum Gasteiger partial charge on any atom is -0.497 e. The molecule has 0 radical (unpaired) electrons. The minimum absolute atomic E-state index is 0.0546. The maximum absolute atomic E-state index is 13.0. The van der Waals surface area contributed by atoms with Gasteiger partial charge in [-0.3, -0.25) is 9.69 Å². The van der Waals surface area contributed by atoms with Gasteiger partial charge in [-0.25, -0.2) is 4.98 Å². The largest absolute Gasteiger partial charge is 0.497 e. The van der Waals surface area contributed by atoms with Crippen molar-refractivity contribution in [1.29, 1.82) is 0 Å². The average Bonchev–Trinajstić information content (AvgIpc) is 3.51. The first-order chi connectivity index (χ1) is 20.6. The summed E-state index contributed by atoms with van der Waals surface area (Å²) in [5.41, 5.74) is 4.22. The Morgan fingerprint density at radius 3 is 2.26 bits per heavy atom. The highest BCUT2D eigenvalue weighted by molar-refractivity contribution is 7.09. The van der Waals surface area contributed by atoms with Gasteiger partial charge in [0, 0.05) is 35.5 Å². The molecule has 0 unspecified atom stereocenters. The predicted octanol–water partition coefficient (Wildman–Crippen LogP) is 7.45. The highest BCUT2D eigenvalue weighted by Gasteiger charge is 2.21. The summed E-state index contributed by atoms with van der Waals surface area (Å²) >= 11 is 1.56. The molecular formula is C35H41N3O3S. The van der Waals surface area contributed by atoms with Gasteiger partial charge in [-0.1, -0.05) is 86.0 Å². The molecule has 1 fully saturated rings. The highest BCUT2D eigenvalue weighted by atomic mass is 32.1. The number of benzene rings is 3. The van der Waals surface area contributed by atoms with Crippen LogP contribution in [0.4, 0.5) is 0 Å². The Labute approximate surface area is 253 Å². The van der Waals surface area contributed by atoms with Gasteiger partial charge < -0.3 is 14.8 Å². The van der Waals surface area contributed by atoms with Gasteiger partial charge in [-0.2, -0.15) is 0 Å². The molecule has 220 valence electrons. The number of aromatic nitrogens is 1. The molecule has 6 nitrogen and oxygen atoms in total. The lowest BCUT2D eigenvalue weighted by Gasteiger charge is -2.26. The van der Waals surface area contributed by atoms with Crippen molar-refractivity contribution < 1.29 is 14.3 Å². The van der Waals surface area contributed by atoms with Crippen LogP contribution in [0.3, 0.4) is 0 Å². The van der Waals surface area contributed by atoms with Crippen molar-refractivity contribution in [2.45, 2.75) is 63.6 Å². The first kappa shape index (κ1) is 29.8. The molecule has 4 aromatic rings. The number of carbonyl (C=O) groups is 1. The van der Waals surface area contributed by atoms with Crippen LogP contribution in [0.25, 0.3) is 0 Å². The molecule has 0 spiro atoms. The van der Waals surface area contributed by atoms with E-state index in [9.17, 15) is 4.79 Å². The fourth-order valence-electron chi connectivity index (χ4n) is 5.83. The summed E-state index contributed by atoms with van der Waals surface area (Å²) < 4.78 is 11.2. The van der Waals surface area contributed by atoms with Crippen LogP contribution in [0, 0.1) is 0 Å². The molecule has 5 rings (SSSR count). The third-order valence-electron chi connectivity index (χ3n) is 8.11. The molecule has 1 aliphatic carbocycles. The van der Waals surface area contributed by atoms with Gasteiger partial charge in [0.05, 0.1) is 20.8 Å². The summed E-state index contributed by atoms with van der Waals surface area (Å²) in [5, 5.41) is 6.04. The van der Waals surface area contributed by atoms with Gasteiger partial charge in [0.2, 0.25) is 0 Å². The van der Waals surface area contributed by atoms with Gasteiger partial charge in [0.1, 0.15) is 22.2 Å². The van der Waals surface area contributed by atoms with Crippen LogP contribution < -0.4 is 14.8 Å². The molecule has 42 heavy (non-hydrogen) atoms. The van der Waals surface area contributed by atoms with Gasteiger partial charge in [0.25, 0.3) is 5.91 Å². The van der Waals surface area contributed by atoms with E-state index in [4.69, 9.17) is 14.5 Å². The van der Waals surface area contributed by atoms with Crippen LogP contribution in [-0.2, 0) is 13.1 Å². The van der Waals surface area contributed by atoms with Crippen molar-refractivity contribution in [3.8, 4) is 11.5 Å². The molecular weight excluding hydrogens is 542 g/mol. The Balaban J connectivity index is 1.35. The van der Waals surface area contributed by atoms with Gasteiger partial charge in [-0.05, 0) is 43.0 Å². The van der Waals surface area contributed by atoms with Crippen LogP contribution in [0.5, 0.6) is 11.5 Å². The molecule has 7 heteroatoms. The summed E-state index contributed by atoms with van der Waals surface area (Å²) in [6.45, 7) is 2.17. The fraction of sp³-hybridized carbons (Fsp3) is 0.371. The number of hydrogen-bond acceptors (Lipinski definition) is 6. The molecule has 1 aromatic heterocycles. The van der Waals surface area contributed by atoms with Gasteiger partial charge >= 0.3 is 0 Å². The average molecular weight is 584 g/mol. The standard InChI is InChI=1S/C35H41N3O3S/c1-40-30-19-18-28(33(22-30)41-2)23-38(21-20-31(26-12-6-3-7-13-26)27-14-8-4-9-15-27)24-34-37-32(25-42-34)35(39)36-29-16-10-5-11-17-29/h3-4,6-9,12-15,18-19,22,25,29,31H,5,10-11,16-17,20-21,23-24H2,1-2H3,(H,36,39). The first-order valence-corrected chi connectivity index (χ1v) is 15.8. The van der Waals surface area contributed by atoms with E-state index >= 15 is 0 Å². The molecule has 0 atom stereocenters. The topological polar surface area (TPSA) is 63.7 Å². The Morgan fingerprint density at radius 2 is 1.62 bits per heavy atom. The van der Waals surface area contributed by atoms with E-state index in [1.165, 1.54) is 30.4 Å². The molecule has 1 N–H and O–H groups in total. The molecule has 3 aromatic carbocycles. The number of nitrogens with one attached hydrogen (secondary N) is 1. The number of methoxy groups -OCH3 is 2. The second kappa shape index (κ2) is 15.0. The van der Waals surface area contributed by atoms with E-state index in [0.29, 0.717) is 18.8 Å². The lowest BCUT2D eigenvalue weighted by atomic mass is 9.88. The SMILES string of the molecule is COc1ccc(CN(CCC(c2ccccc2)c2ccccc2)Cc2nc(C(=O)NC3CCCCC3)cs2)c(OC)c1. The smallest absolute Gasteiger partial charge is 0.270 e. The maximum Gasteiger partial charge on any atom is 0.270 e. The Hall–Kier alpha value is -3.68. The van der Waals surface area contributed by atoms with E-state index in [2.05, 4.69) is 76.9 Å². The zero-order chi connectivity index (χ0) is 29.1. The van der Waals surface area contributed by atoms with E-state index in [1.54, 1.807) is 25.6 Å². The molecule has 1 aliphatic rings. The highest BCUT2D eigenvalue weighted by Crippen LogP contribution is 2.31. The molecule has 1 saturated carbocycles. The van der Waals surface area contributed by atoms with Crippen LogP contribution in [-0.4, -0.2) is 42.6 Å². The summed E-state index contributed by atoms with van der Waals surface area (Å²) in [6.07, 6.45) is 6.69. The number of thiazole rings is 1. The van der Waals surface area contributed by atoms with Gasteiger partial charge in [0.15, 0.2) is 0 Å². The van der Waals surface area contributed by atoms with Crippen molar-refractivity contribution in [2.75, 3.05) is 20.8 Å². The second-order valence-electron chi connectivity index (χ2n) is 11.0. The zero-order valence-corrected chi connectivity index (χ0v) is 25.4. The number of hydrogen-bond donors (Lipinski definition) is 1. The molecule has 1 amide bonds. The fourth-order valence-corrected chi connectivity index (χ4v) is 6.65. The van der Waals surface area contributed by atoms with Crippen molar-refractivity contribution in [2.24, 2.45) is 0 Å². The summed E-state index contributed by atoms with van der Waals surface area (Å²) in [7, 11) is 3.36. The Morgan fingerprint density at radius 1 is 0.929 bits per heavy atom. The minimum atomic E-state index is -0.0546. The predicted molar refractivity (Wildman–Crippen MR) is 169 cm³/mol. The van der Waals surface area contributed by atoms with Crippen molar-refractivity contribution in [3.05, 3.63) is 112 Å². The van der Waals surface area contributed by atoms with E-state index in [0.717, 1.165) is 47.9 Å². The lowest BCUT2D eigenvalue weighted by molar-refractivity contribution is 0.0923. The third-order valence-corrected chi connectivity index (χ3v) is 8.94. The molecule has 0 bridgehead atoms. The van der Waals surface area contributed by atoms with E-state index < -0.39 is 0 Å². The number of carbonyl (C=O) groups excluding carboxylic acids is 1. The van der Waals surface area contributed by atoms with Crippen LogP contribution in [0.15, 0.2) is 84.2 Å². The van der Waals surface area contributed by atoms with Crippen LogP contribution in [0.2, 0.25) is 0 Å². The molecule has 1 heterocycles. The quantitative estimate of drug-likeness (QED) is 0.177.